The number of carbonyl (C=O) groups excluding carboxylic acids is 1. The van der Waals surface area contributed by atoms with Crippen LogP contribution in [0.5, 0.6) is 0 Å². The van der Waals surface area contributed by atoms with Gasteiger partial charge in [0.15, 0.2) is 11.5 Å². The molecule has 0 radical (unpaired) electrons. The minimum absolute atomic E-state index is 0.0108. The summed E-state index contributed by atoms with van der Waals surface area (Å²) in [5.41, 5.74) is 2.10. The van der Waals surface area contributed by atoms with Crippen LogP contribution in [0, 0.1) is 5.82 Å². The van der Waals surface area contributed by atoms with Gasteiger partial charge in [0.25, 0.3) is 0 Å². The summed E-state index contributed by atoms with van der Waals surface area (Å²) in [7, 11) is 0. The fraction of sp³-hybridized carbons (Fsp3) is 0.310. The van der Waals surface area contributed by atoms with Crippen LogP contribution in [0.2, 0.25) is 5.02 Å². The van der Waals surface area contributed by atoms with Crippen molar-refractivity contribution >= 4 is 34.8 Å². The maximum atomic E-state index is 13.4. The van der Waals surface area contributed by atoms with E-state index in [2.05, 4.69) is 86.9 Å². The molecule has 1 heterocycles. The Morgan fingerprint density at radius 2 is 1.62 bits per heavy atom. The van der Waals surface area contributed by atoms with Crippen molar-refractivity contribution in [1.29, 1.82) is 0 Å². The zero-order valence-electron chi connectivity index (χ0n) is 22.0. The van der Waals surface area contributed by atoms with Crippen molar-refractivity contribution in [2.45, 2.75) is 58.3 Å². The number of aliphatic imine (C=N–C) groups is 1. The highest BCUT2D eigenvalue weighted by molar-refractivity contribution is 6.31. The van der Waals surface area contributed by atoms with Crippen molar-refractivity contribution < 1.29 is 19.0 Å². The first-order valence-corrected chi connectivity index (χ1v) is 13.2. The molecule has 3 N–H and O–H groups in total. The molecule has 0 bridgehead atoms. The van der Waals surface area contributed by atoms with E-state index in [1.807, 2.05) is 11.6 Å². The maximum absolute atomic E-state index is 13.4. The van der Waals surface area contributed by atoms with E-state index in [-0.39, 0.29) is 40.4 Å². The largest absolute Gasteiger partial charge is 0.306 e. The third kappa shape index (κ3) is 13.0. The molecule has 1 aromatic heterocycles. The number of unbranched alkanes of at least 4 members (excludes halogenated alkanes) is 1. The second-order valence-corrected chi connectivity index (χ2v) is 8.69. The van der Waals surface area contributed by atoms with Crippen LogP contribution in [0.15, 0.2) is 88.6 Å². The molecule has 2 rings (SSSR count). The number of nitrogens with one attached hydrogen (secondary N) is 2. The van der Waals surface area contributed by atoms with Crippen LogP contribution in [0.3, 0.4) is 0 Å². The number of hydrogen-bond acceptors (Lipinski definition) is 6. The lowest BCUT2D eigenvalue weighted by Crippen LogP contribution is -2.23. The summed E-state index contributed by atoms with van der Waals surface area (Å²) in [6, 6.07) is 3.77. The first-order valence-electron chi connectivity index (χ1n) is 12.9. The Kier molecular flexibility index (Phi) is 15.5. The Hall–Kier alpha value is -3.82. The van der Waals surface area contributed by atoms with E-state index in [9.17, 15) is 14.4 Å². The number of benzene rings is 1. The number of amidine groups is 1. The topological polar surface area (TPSA) is 113 Å². The van der Waals surface area contributed by atoms with E-state index in [0.717, 1.165) is 44.6 Å². The van der Waals surface area contributed by atoms with Gasteiger partial charge in [-0.1, -0.05) is 79.3 Å². The Morgan fingerprint density at radius 3 is 2.21 bits per heavy atom. The molecule has 0 saturated carbocycles. The van der Waals surface area contributed by atoms with Crippen LogP contribution in [-0.2, 0) is 4.79 Å². The summed E-state index contributed by atoms with van der Waals surface area (Å²) in [4.78, 5) is 16.4. The maximum Gasteiger partial charge on any atom is 0.225 e. The number of halogens is 2. The molecule has 0 spiro atoms. The molecule has 2 aromatic rings. The van der Waals surface area contributed by atoms with Gasteiger partial charge < -0.3 is 5.32 Å². The lowest BCUT2D eigenvalue weighted by Gasteiger charge is -2.05. The van der Waals surface area contributed by atoms with Gasteiger partial charge in [0.05, 0.1) is 10.7 Å². The quantitative estimate of drug-likeness (QED) is 0.0640. The number of allylic oxidation sites excluding steroid dienone is 10. The molecular weight excluding hydrogens is 521 g/mol. The van der Waals surface area contributed by atoms with Crippen LogP contribution in [0.25, 0.3) is 0 Å². The predicted molar refractivity (Wildman–Crippen MR) is 154 cm³/mol. The Bertz CT molecular complexity index is 1200. The SMILES string of the molecule is CCC=CCC=CCC=CCC=CCC=CCCCC(=O)Nc1nonc1C(=Nc1ccc(F)c(Cl)c1)NO. The number of rotatable bonds is 16. The van der Waals surface area contributed by atoms with Crippen molar-refractivity contribution in [2.75, 3.05) is 5.32 Å². The lowest BCUT2D eigenvalue weighted by atomic mass is 10.2. The van der Waals surface area contributed by atoms with E-state index < -0.39 is 5.82 Å². The number of hydrogen-bond donors (Lipinski definition) is 3. The molecule has 1 aromatic carbocycles. The van der Waals surface area contributed by atoms with Gasteiger partial charge in [-0.15, -0.1) is 0 Å². The van der Waals surface area contributed by atoms with Crippen LogP contribution in [0.1, 0.15) is 64.0 Å². The molecule has 0 aliphatic carbocycles. The molecule has 0 unspecified atom stereocenters. The van der Waals surface area contributed by atoms with Crippen LogP contribution < -0.4 is 10.8 Å². The number of amides is 1. The predicted octanol–water partition coefficient (Wildman–Crippen LogP) is 7.78. The van der Waals surface area contributed by atoms with E-state index in [0.29, 0.717) is 6.42 Å². The van der Waals surface area contributed by atoms with E-state index in [1.54, 1.807) is 0 Å². The lowest BCUT2D eigenvalue weighted by molar-refractivity contribution is -0.116. The smallest absolute Gasteiger partial charge is 0.225 e. The standard InChI is InChI=1S/C29H35ClFN5O3/c1-2-3-4-5-6-7-8-9-10-11-12-13-14-15-16-17-18-19-26(37)33-29-27(35-39-36-29)28(34-38)32-23-20-21-25(31)24(30)22-23/h3-4,6-7,9-10,12-13,15-16,20-22,38H,2,5,8,11,14,17-19H2,1H3,(H,32,34)(H,33,36,37). The summed E-state index contributed by atoms with van der Waals surface area (Å²) in [6.45, 7) is 2.13. The van der Waals surface area contributed by atoms with Crippen molar-refractivity contribution in [2.24, 2.45) is 4.99 Å². The Labute approximate surface area is 233 Å². The number of hydroxylamine groups is 1. The first-order chi connectivity index (χ1) is 19.0. The fourth-order valence-electron chi connectivity index (χ4n) is 3.18. The molecule has 8 nitrogen and oxygen atoms in total. The van der Waals surface area contributed by atoms with E-state index in [4.69, 9.17) is 11.6 Å². The first kappa shape index (κ1) is 31.4. The molecule has 10 heteroatoms. The van der Waals surface area contributed by atoms with Gasteiger partial charge in [0, 0.05) is 6.42 Å². The second kappa shape index (κ2) is 19.3. The van der Waals surface area contributed by atoms with Crippen molar-refractivity contribution in [1.82, 2.24) is 15.8 Å². The van der Waals surface area contributed by atoms with Gasteiger partial charge in [-0.05, 0) is 73.5 Å². The molecule has 0 atom stereocenters. The van der Waals surface area contributed by atoms with Gasteiger partial charge in [0.2, 0.25) is 11.7 Å². The summed E-state index contributed by atoms with van der Waals surface area (Å²) in [5, 5.41) is 19.3. The van der Waals surface area contributed by atoms with Gasteiger partial charge in [0.1, 0.15) is 5.82 Å². The summed E-state index contributed by atoms with van der Waals surface area (Å²) in [5.74, 6) is -1.06. The summed E-state index contributed by atoms with van der Waals surface area (Å²) >= 11 is 5.76. The molecule has 1 amide bonds. The molecule has 208 valence electrons. The average molecular weight is 556 g/mol. The number of anilines is 1. The van der Waals surface area contributed by atoms with Crippen molar-refractivity contribution in [3.63, 3.8) is 0 Å². The monoisotopic (exact) mass is 555 g/mol. The number of aromatic nitrogens is 2. The van der Waals surface area contributed by atoms with Gasteiger partial charge in [-0.25, -0.2) is 14.0 Å². The van der Waals surface area contributed by atoms with E-state index >= 15 is 0 Å². The van der Waals surface area contributed by atoms with Crippen LogP contribution in [0.4, 0.5) is 15.9 Å². The van der Waals surface area contributed by atoms with Gasteiger partial charge in [-0.2, -0.15) is 0 Å². The molecular formula is C29H35ClFN5O3. The minimum Gasteiger partial charge on any atom is -0.306 e. The highest BCUT2D eigenvalue weighted by atomic mass is 35.5. The third-order valence-corrected chi connectivity index (χ3v) is 5.44. The average Bonchev–Trinajstić information content (AvgIpc) is 3.38. The van der Waals surface area contributed by atoms with Gasteiger partial charge in [-0.3, -0.25) is 15.5 Å². The number of nitrogens with zero attached hydrogens (tertiary/aromatic N) is 3. The Balaban J connectivity index is 1.67. The summed E-state index contributed by atoms with van der Waals surface area (Å²) < 4.78 is 18.1. The minimum atomic E-state index is -0.602. The zero-order valence-corrected chi connectivity index (χ0v) is 22.8. The Morgan fingerprint density at radius 1 is 1.00 bits per heavy atom. The highest BCUT2D eigenvalue weighted by Gasteiger charge is 2.18. The normalized spacial score (nSPS) is 12.7. The van der Waals surface area contributed by atoms with Crippen molar-refractivity contribution in [3.8, 4) is 0 Å². The summed E-state index contributed by atoms with van der Waals surface area (Å²) in [6.07, 6.45) is 27.8. The van der Waals surface area contributed by atoms with Gasteiger partial charge >= 0.3 is 0 Å². The molecule has 39 heavy (non-hydrogen) atoms. The van der Waals surface area contributed by atoms with Crippen LogP contribution >= 0.6 is 11.6 Å². The molecule has 0 aliphatic heterocycles. The van der Waals surface area contributed by atoms with E-state index in [1.165, 1.54) is 12.1 Å². The van der Waals surface area contributed by atoms with Crippen LogP contribution in [-0.4, -0.2) is 27.3 Å². The molecule has 0 aliphatic rings. The van der Waals surface area contributed by atoms with Crippen molar-refractivity contribution in [3.05, 3.63) is 95.5 Å². The second-order valence-electron chi connectivity index (χ2n) is 8.28. The number of carbonyl (C=O) groups is 1. The molecule has 0 saturated heterocycles. The zero-order chi connectivity index (χ0) is 28.1. The third-order valence-electron chi connectivity index (χ3n) is 5.15. The fourth-order valence-corrected chi connectivity index (χ4v) is 3.36. The highest BCUT2D eigenvalue weighted by Crippen LogP contribution is 2.23. The molecule has 0 fully saturated rings.